The Labute approximate surface area is 175 Å². The van der Waals surface area contributed by atoms with Gasteiger partial charge in [0.25, 0.3) is 5.91 Å². The molecule has 3 rings (SSSR count). The Bertz CT molecular complexity index is 920. The number of rotatable bonds is 9. The largest absolute Gasteiger partial charge is 0.490 e. The van der Waals surface area contributed by atoms with Crippen LogP contribution in [-0.4, -0.2) is 49.8 Å². The van der Waals surface area contributed by atoms with Crippen LogP contribution in [0.15, 0.2) is 33.5 Å². The zero-order chi connectivity index (χ0) is 21.7. The topological polar surface area (TPSA) is 87.4 Å². The van der Waals surface area contributed by atoms with Crippen molar-refractivity contribution >= 4 is 5.91 Å². The molecule has 162 valence electrons. The summed E-state index contributed by atoms with van der Waals surface area (Å²) < 4.78 is 27.8. The highest BCUT2D eigenvalue weighted by molar-refractivity contribution is 5.96. The second kappa shape index (κ2) is 9.56. The Balaban J connectivity index is 1.73. The summed E-state index contributed by atoms with van der Waals surface area (Å²) in [7, 11) is 0. The third-order valence-electron chi connectivity index (χ3n) is 4.46. The number of benzene rings is 1. The van der Waals surface area contributed by atoms with Crippen LogP contribution in [0.1, 0.15) is 36.9 Å². The summed E-state index contributed by atoms with van der Waals surface area (Å²) in [5.41, 5.74) is -0.00134. The molecule has 0 aliphatic carbocycles. The quantitative estimate of drug-likeness (QED) is 0.620. The Kier molecular flexibility index (Phi) is 6.87. The van der Waals surface area contributed by atoms with Gasteiger partial charge in [-0.2, -0.15) is 0 Å². The molecule has 1 saturated heterocycles. The van der Waals surface area contributed by atoms with Gasteiger partial charge >= 0.3 is 5.63 Å². The van der Waals surface area contributed by atoms with E-state index in [2.05, 4.69) is 0 Å². The number of hydrogen-bond donors (Lipinski definition) is 0. The molecule has 0 saturated carbocycles. The third-order valence-corrected chi connectivity index (χ3v) is 4.46. The zero-order valence-electron chi connectivity index (χ0n) is 17.7. The van der Waals surface area contributed by atoms with E-state index in [1.165, 1.54) is 6.07 Å². The van der Waals surface area contributed by atoms with Gasteiger partial charge in [-0.15, -0.1) is 0 Å². The van der Waals surface area contributed by atoms with Gasteiger partial charge in [0.15, 0.2) is 11.5 Å². The molecule has 2 heterocycles. The first-order chi connectivity index (χ1) is 14.4. The lowest BCUT2D eigenvalue weighted by Crippen LogP contribution is -2.56. The average Bonchev–Trinajstić information content (AvgIpc) is 2.66. The van der Waals surface area contributed by atoms with Crippen molar-refractivity contribution in [1.82, 2.24) is 4.90 Å². The number of hydrogen-bond acceptors (Lipinski definition) is 7. The molecule has 8 heteroatoms. The number of amides is 1. The van der Waals surface area contributed by atoms with Gasteiger partial charge in [0.1, 0.15) is 17.6 Å². The molecule has 1 aromatic heterocycles. The molecule has 0 spiro atoms. The van der Waals surface area contributed by atoms with E-state index >= 15 is 0 Å². The molecular formula is C22H27NO7. The van der Waals surface area contributed by atoms with E-state index in [1.807, 2.05) is 20.8 Å². The summed E-state index contributed by atoms with van der Waals surface area (Å²) in [6.45, 7) is 9.46. The van der Waals surface area contributed by atoms with E-state index in [4.69, 9.17) is 23.4 Å². The van der Waals surface area contributed by atoms with Gasteiger partial charge in [-0.05, 0) is 39.8 Å². The predicted octanol–water partition coefficient (Wildman–Crippen LogP) is 3.05. The number of nitrogens with zero attached hydrogens (tertiary/aromatic N) is 1. The zero-order valence-corrected chi connectivity index (χ0v) is 17.7. The predicted molar refractivity (Wildman–Crippen MR) is 110 cm³/mol. The molecule has 1 aliphatic heterocycles. The fourth-order valence-electron chi connectivity index (χ4n) is 3.21. The van der Waals surface area contributed by atoms with Gasteiger partial charge in [-0.25, -0.2) is 4.79 Å². The SMILES string of the molecule is CCOc1cc(C(=O)N2CC(Oc3cc(C)oc(=O)c3)C2)cc(OCC)c1OCC. The highest BCUT2D eigenvalue weighted by Crippen LogP contribution is 2.39. The second-order valence-electron chi connectivity index (χ2n) is 6.77. The van der Waals surface area contributed by atoms with Crippen molar-refractivity contribution in [2.75, 3.05) is 32.9 Å². The first kappa shape index (κ1) is 21.5. The number of ether oxygens (including phenoxy) is 4. The molecule has 8 nitrogen and oxygen atoms in total. The van der Waals surface area contributed by atoms with E-state index in [-0.39, 0.29) is 12.0 Å². The Hall–Kier alpha value is -3.16. The Morgan fingerprint density at radius 2 is 1.60 bits per heavy atom. The van der Waals surface area contributed by atoms with Crippen molar-refractivity contribution in [1.29, 1.82) is 0 Å². The monoisotopic (exact) mass is 417 g/mol. The van der Waals surface area contributed by atoms with E-state index in [1.54, 1.807) is 30.0 Å². The van der Waals surface area contributed by atoms with Gasteiger partial charge in [-0.1, -0.05) is 0 Å². The number of carbonyl (C=O) groups is 1. The molecule has 1 aromatic carbocycles. The van der Waals surface area contributed by atoms with Crippen molar-refractivity contribution in [3.63, 3.8) is 0 Å². The molecule has 1 fully saturated rings. The normalized spacial score (nSPS) is 13.5. The summed E-state index contributed by atoms with van der Waals surface area (Å²) in [5, 5.41) is 0. The van der Waals surface area contributed by atoms with Crippen molar-refractivity contribution in [2.24, 2.45) is 0 Å². The van der Waals surface area contributed by atoms with Crippen molar-refractivity contribution in [2.45, 2.75) is 33.8 Å². The van der Waals surface area contributed by atoms with Crippen LogP contribution in [0.5, 0.6) is 23.0 Å². The minimum Gasteiger partial charge on any atom is -0.490 e. The first-order valence-electron chi connectivity index (χ1n) is 10.1. The first-order valence-corrected chi connectivity index (χ1v) is 10.1. The van der Waals surface area contributed by atoms with E-state index < -0.39 is 5.63 Å². The summed E-state index contributed by atoms with van der Waals surface area (Å²) in [4.78, 5) is 26.1. The maximum atomic E-state index is 13.0. The lowest BCUT2D eigenvalue weighted by atomic mass is 10.1. The van der Waals surface area contributed by atoms with Gasteiger partial charge < -0.3 is 28.3 Å². The van der Waals surface area contributed by atoms with Crippen LogP contribution in [0.2, 0.25) is 0 Å². The third kappa shape index (κ3) is 4.87. The van der Waals surface area contributed by atoms with Crippen LogP contribution in [0.25, 0.3) is 0 Å². The number of likely N-dealkylation sites (tertiary alicyclic amines) is 1. The van der Waals surface area contributed by atoms with Crippen molar-refractivity contribution in [3.8, 4) is 23.0 Å². The molecule has 0 atom stereocenters. The second-order valence-corrected chi connectivity index (χ2v) is 6.77. The molecule has 1 aliphatic rings. The smallest absolute Gasteiger partial charge is 0.339 e. The van der Waals surface area contributed by atoms with Gasteiger partial charge in [0.2, 0.25) is 5.75 Å². The van der Waals surface area contributed by atoms with Crippen LogP contribution in [-0.2, 0) is 0 Å². The van der Waals surface area contributed by atoms with Crippen LogP contribution >= 0.6 is 0 Å². The van der Waals surface area contributed by atoms with Crippen LogP contribution < -0.4 is 24.6 Å². The summed E-state index contributed by atoms with van der Waals surface area (Å²) in [5.74, 6) is 2.23. The van der Waals surface area contributed by atoms with Gasteiger partial charge in [-0.3, -0.25) is 4.79 Å². The summed E-state index contributed by atoms with van der Waals surface area (Å²) in [6.07, 6.45) is -0.185. The van der Waals surface area contributed by atoms with Crippen LogP contribution in [0, 0.1) is 6.92 Å². The van der Waals surface area contributed by atoms with Crippen molar-refractivity contribution < 1.29 is 28.2 Å². The molecular weight excluding hydrogens is 390 g/mol. The van der Waals surface area contributed by atoms with Crippen LogP contribution in [0.3, 0.4) is 0 Å². The number of carbonyl (C=O) groups excluding carboxylic acids is 1. The lowest BCUT2D eigenvalue weighted by Gasteiger charge is -2.39. The van der Waals surface area contributed by atoms with Gasteiger partial charge in [0.05, 0.1) is 39.0 Å². The molecule has 30 heavy (non-hydrogen) atoms. The summed E-state index contributed by atoms with van der Waals surface area (Å²) in [6, 6.07) is 6.31. The van der Waals surface area contributed by atoms with E-state index in [0.717, 1.165) is 0 Å². The molecule has 0 N–H and O–H groups in total. The van der Waals surface area contributed by atoms with Gasteiger partial charge in [0, 0.05) is 11.6 Å². The number of aryl methyl sites for hydroxylation is 1. The fourth-order valence-corrected chi connectivity index (χ4v) is 3.21. The highest BCUT2D eigenvalue weighted by atomic mass is 16.5. The van der Waals surface area contributed by atoms with Crippen molar-refractivity contribution in [3.05, 3.63) is 46.0 Å². The highest BCUT2D eigenvalue weighted by Gasteiger charge is 2.34. The molecule has 0 unspecified atom stereocenters. The van der Waals surface area contributed by atoms with E-state index in [0.29, 0.717) is 67.2 Å². The average molecular weight is 417 g/mol. The maximum Gasteiger partial charge on any atom is 0.339 e. The molecule has 0 radical (unpaired) electrons. The van der Waals surface area contributed by atoms with E-state index in [9.17, 15) is 9.59 Å². The molecule has 1 amide bonds. The standard InChI is InChI=1S/C22H27NO7/c1-5-26-18-9-15(10-19(27-6-2)21(18)28-7-3)22(25)23-12-17(13-23)30-16-8-14(4)29-20(24)11-16/h8-11,17H,5-7,12-13H2,1-4H3. The Morgan fingerprint density at radius 3 is 2.13 bits per heavy atom. The molecule has 0 bridgehead atoms. The fraction of sp³-hybridized carbons (Fsp3) is 0.455. The maximum absolute atomic E-state index is 13.0. The Morgan fingerprint density at radius 1 is 1.00 bits per heavy atom. The lowest BCUT2D eigenvalue weighted by molar-refractivity contribution is 0.0174. The minimum absolute atomic E-state index is 0.149. The summed E-state index contributed by atoms with van der Waals surface area (Å²) >= 11 is 0. The minimum atomic E-state index is -0.460. The van der Waals surface area contributed by atoms with Crippen LogP contribution in [0.4, 0.5) is 0 Å². The molecule has 2 aromatic rings.